The molecule has 6 rings (SSSR count). The first-order valence-electron chi connectivity index (χ1n) is 14.9. The Labute approximate surface area is 256 Å². The van der Waals surface area contributed by atoms with Gasteiger partial charge in [-0.05, 0) is 81.7 Å². The minimum Gasteiger partial charge on any atom is -0.508 e. The van der Waals surface area contributed by atoms with E-state index in [4.69, 9.17) is 21.3 Å². The normalized spacial score (nSPS) is 20.6. The van der Waals surface area contributed by atoms with Gasteiger partial charge < -0.3 is 30.1 Å². The van der Waals surface area contributed by atoms with Crippen LogP contribution in [0, 0.1) is 11.2 Å². The van der Waals surface area contributed by atoms with E-state index in [2.05, 4.69) is 27.0 Å². The molecule has 1 aliphatic heterocycles. The summed E-state index contributed by atoms with van der Waals surface area (Å²) in [4.78, 5) is 13.7. The Kier molecular flexibility index (Phi) is 8.10. The first-order valence-corrected chi connectivity index (χ1v) is 15.3. The average Bonchev–Trinajstić information content (AvgIpc) is 3.69. The van der Waals surface area contributed by atoms with E-state index in [1.807, 2.05) is 38.4 Å². The van der Waals surface area contributed by atoms with Crippen LogP contribution in [0.1, 0.15) is 33.1 Å². The first kappa shape index (κ1) is 29.8. The summed E-state index contributed by atoms with van der Waals surface area (Å²) in [5.74, 6) is -0.0225. The van der Waals surface area contributed by atoms with Crippen LogP contribution in [-0.2, 0) is 0 Å². The van der Waals surface area contributed by atoms with Crippen LogP contribution in [0.15, 0.2) is 42.5 Å². The Balaban J connectivity index is 1.49. The number of phenolic OH excluding ortho intramolecular Hbond substituents is 1. The number of piperazine rings is 1. The number of halogens is 2. The monoisotopic (exact) mass is 607 g/mol. The van der Waals surface area contributed by atoms with E-state index in [9.17, 15) is 10.2 Å². The maximum Gasteiger partial charge on any atom is 0.319 e. The third-order valence-electron chi connectivity index (χ3n) is 8.45. The maximum atomic E-state index is 16.8. The predicted molar refractivity (Wildman–Crippen MR) is 170 cm³/mol. The zero-order valence-electron chi connectivity index (χ0n) is 25.1. The second kappa shape index (κ2) is 11.7. The fraction of sp³-hybridized carbons (Fsp3) is 0.455. The van der Waals surface area contributed by atoms with E-state index in [0.717, 1.165) is 30.2 Å². The van der Waals surface area contributed by atoms with Crippen molar-refractivity contribution in [2.75, 3.05) is 45.2 Å². The molecule has 2 fully saturated rings. The van der Waals surface area contributed by atoms with Crippen LogP contribution in [0.5, 0.6) is 11.8 Å². The zero-order valence-corrected chi connectivity index (χ0v) is 25.8. The Morgan fingerprint density at radius 3 is 2.65 bits per heavy atom. The molecular weight excluding hydrogens is 569 g/mol. The van der Waals surface area contributed by atoms with Gasteiger partial charge in [-0.15, -0.1) is 0 Å². The van der Waals surface area contributed by atoms with Gasteiger partial charge in [-0.25, -0.2) is 4.39 Å². The number of rotatable bonds is 9. The minimum absolute atomic E-state index is 0.0196. The third-order valence-corrected chi connectivity index (χ3v) is 8.75. The van der Waals surface area contributed by atoms with Gasteiger partial charge in [0.1, 0.15) is 17.1 Å². The van der Waals surface area contributed by atoms with Crippen LogP contribution in [0.2, 0.25) is 5.02 Å². The molecular formula is C33H39ClFN5O3. The Hall–Kier alpha value is -3.24. The summed E-state index contributed by atoms with van der Waals surface area (Å²) in [6, 6.07) is 12.7. The summed E-state index contributed by atoms with van der Waals surface area (Å²) in [6.45, 7) is 6.40. The highest BCUT2D eigenvalue weighted by atomic mass is 35.5. The van der Waals surface area contributed by atoms with Crippen LogP contribution >= 0.6 is 11.6 Å². The standard InChI is InChI=1S/C33H39ClFN5O3/c1-19-15-40(16-22(36-19)11-20(2)41)31-26-14-27(34)28(25-13-23(42)12-21-7-5-6-8-24(21)25)29(35)30(26)37-32(38-31)43-18-33(9-10-33)17-39(3)4/h5-8,12-14,19-20,22,36,41-42H,9-11,15-18H2,1-4H3. The summed E-state index contributed by atoms with van der Waals surface area (Å²) in [5, 5.41) is 26.4. The zero-order chi connectivity index (χ0) is 30.5. The number of fused-ring (bicyclic) bond motifs is 2. The molecule has 1 aromatic heterocycles. The van der Waals surface area contributed by atoms with Gasteiger partial charge >= 0.3 is 6.01 Å². The molecule has 2 aliphatic rings. The van der Waals surface area contributed by atoms with E-state index in [1.165, 1.54) is 6.07 Å². The predicted octanol–water partition coefficient (Wildman–Crippen LogP) is 5.61. The van der Waals surface area contributed by atoms with Crippen molar-refractivity contribution < 1.29 is 19.3 Å². The average molecular weight is 608 g/mol. The van der Waals surface area contributed by atoms with Crippen molar-refractivity contribution >= 4 is 39.1 Å². The molecule has 10 heteroatoms. The molecule has 0 bridgehead atoms. The van der Waals surface area contributed by atoms with Crippen molar-refractivity contribution in [1.29, 1.82) is 0 Å². The number of phenols is 1. The largest absolute Gasteiger partial charge is 0.508 e. The lowest BCUT2D eigenvalue weighted by atomic mass is 9.96. The Morgan fingerprint density at radius 1 is 1.16 bits per heavy atom. The lowest BCUT2D eigenvalue weighted by Crippen LogP contribution is -2.56. The number of aromatic hydroxyl groups is 1. The van der Waals surface area contributed by atoms with Gasteiger partial charge in [0.05, 0.1) is 17.7 Å². The minimum atomic E-state index is -0.593. The summed E-state index contributed by atoms with van der Waals surface area (Å²) >= 11 is 6.87. The van der Waals surface area contributed by atoms with Crippen LogP contribution in [0.3, 0.4) is 0 Å². The van der Waals surface area contributed by atoms with Crippen LogP contribution in [-0.4, -0.2) is 83.6 Å². The molecule has 0 spiro atoms. The second-order valence-electron chi connectivity index (χ2n) is 12.8. The SMILES string of the molecule is CC(O)CC1CN(c2nc(OCC3(CN(C)C)CC3)nc3c(F)c(-c4cc(O)cc5ccccc45)c(Cl)cc23)CC(C)N1. The number of hydrogen-bond donors (Lipinski definition) is 3. The summed E-state index contributed by atoms with van der Waals surface area (Å²) < 4.78 is 23.0. The summed E-state index contributed by atoms with van der Waals surface area (Å²) in [6.07, 6.45) is 2.22. The van der Waals surface area contributed by atoms with Gasteiger partial charge in [0.25, 0.3) is 0 Å². The van der Waals surface area contributed by atoms with Gasteiger partial charge in [-0.1, -0.05) is 35.9 Å². The molecule has 1 saturated carbocycles. The number of aromatic nitrogens is 2. The molecule has 3 aromatic carbocycles. The molecule has 3 unspecified atom stereocenters. The van der Waals surface area contributed by atoms with Gasteiger partial charge in [-0.2, -0.15) is 9.97 Å². The van der Waals surface area contributed by atoms with Crippen LogP contribution < -0.4 is 15.0 Å². The van der Waals surface area contributed by atoms with Crippen LogP contribution in [0.25, 0.3) is 32.8 Å². The van der Waals surface area contributed by atoms with Crippen molar-refractivity contribution in [3.63, 3.8) is 0 Å². The molecule has 228 valence electrons. The lowest BCUT2D eigenvalue weighted by molar-refractivity contribution is 0.161. The van der Waals surface area contributed by atoms with Gasteiger partial charge in [0.2, 0.25) is 0 Å². The van der Waals surface area contributed by atoms with Gasteiger partial charge in [-0.3, -0.25) is 0 Å². The van der Waals surface area contributed by atoms with Crippen molar-refractivity contribution in [2.24, 2.45) is 5.41 Å². The Bertz CT molecular complexity index is 1660. The molecule has 0 radical (unpaired) electrons. The number of anilines is 1. The van der Waals surface area contributed by atoms with E-state index in [0.29, 0.717) is 42.9 Å². The molecule has 43 heavy (non-hydrogen) atoms. The number of hydrogen-bond acceptors (Lipinski definition) is 8. The maximum absolute atomic E-state index is 16.8. The number of aliphatic hydroxyl groups is 1. The molecule has 3 atom stereocenters. The number of aliphatic hydroxyl groups excluding tert-OH is 1. The van der Waals surface area contributed by atoms with Crippen molar-refractivity contribution in [2.45, 2.75) is 51.3 Å². The second-order valence-corrected chi connectivity index (χ2v) is 13.2. The number of nitrogens with zero attached hydrogens (tertiary/aromatic N) is 4. The summed E-state index contributed by atoms with van der Waals surface area (Å²) in [5.41, 5.74) is 0.808. The lowest BCUT2D eigenvalue weighted by Gasteiger charge is -2.39. The highest BCUT2D eigenvalue weighted by molar-refractivity contribution is 6.35. The van der Waals surface area contributed by atoms with Crippen molar-refractivity contribution in [3.8, 4) is 22.9 Å². The van der Waals surface area contributed by atoms with E-state index >= 15 is 4.39 Å². The quantitative estimate of drug-likeness (QED) is 0.226. The molecule has 0 amide bonds. The van der Waals surface area contributed by atoms with Gasteiger partial charge in [0.15, 0.2) is 5.82 Å². The molecule has 3 N–H and O–H groups in total. The summed E-state index contributed by atoms with van der Waals surface area (Å²) in [7, 11) is 4.09. The first-order chi connectivity index (χ1) is 20.5. The number of benzene rings is 3. The Morgan fingerprint density at radius 2 is 1.93 bits per heavy atom. The van der Waals surface area contributed by atoms with Crippen molar-refractivity contribution in [1.82, 2.24) is 20.2 Å². The fourth-order valence-corrected chi connectivity index (χ4v) is 6.83. The number of nitrogens with one attached hydrogen (secondary N) is 1. The fourth-order valence-electron chi connectivity index (χ4n) is 6.53. The van der Waals surface area contributed by atoms with E-state index in [-0.39, 0.29) is 45.4 Å². The molecule has 2 heterocycles. The third kappa shape index (κ3) is 6.22. The molecule has 1 aliphatic carbocycles. The van der Waals surface area contributed by atoms with E-state index in [1.54, 1.807) is 19.1 Å². The highest BCUT2D eigenvalue weighted by Gasteiger charge is 2.44. The topological polar surface area (TPSA) is 94.0 Å². The smallest absolute Gasteiger partial charge is 0.319 e. The number of ether oxygens (including phenoxy) is 1. The molecule has 4 aromatic rings. The molecule has 1 saturated heterocycles. The highest BCUT2D eigenvalue weighted by Crippen LogP contribution is 2.47. The van der Waals surface area contributed by atoms with Gasteiger partial charge in [0, 0.05) is 48.1 Å². The van der Waals surface area contributed by atoms with Crippen LogP contribution in [0.4, 0.5) is 10.2 Å². The molecule has 8 nitrogen and oxygen atoms in total. The van der Waals surface area contributed by atoms with E-state index < -0.39 is 11.9 Å². The van der Waals surface area contributed by atoms with Crippen molar-refractivity contribution in [3.05, 3.63) is 53.3 Å².